The predicted molar refractivity (Wildman–Crippen MR) is 135 cm³/mol. The first-order chi connectivity index (χ1) is 16.9. The summed E-state index contributed by atoms with van der Waals surface area (Å²) in [4.78, 5) is 11.9. The third-order valence-corrected chi connectivity index (χ3v) is 9.35. The zero-order valence-electron chi connectivity index (χ0n) is 18.9. The Hall–Kier alpha value is -3.02. The Kier molecular flexibility index (Phi) is 4.27. The van der Waals surface area contributed by atoms with Crippen molar-refractivity contribution >= 4 is 54.7 Å². The van der Waals surface area contributed by atoms with Gasteiger partial charge in [-0.2, -0.15) is 5.26 Å². The Balaban J connectivity index is 1.59. The normalized spacial score (nSPS) is 22.3. The molecule has 9 heteroatoms. The Morgan fingerprint density at radius 3 is 2.74 bits per heavy atom. The lowest BCUT2D eigenvalue weighted by atomic mass is 9.93. The predicted octanol–water partition coefficient (Wildman–Crippen LogP) is 6.37. The van der Waals surface area contributed by atoms with Gasteiger partial charge in [-0.3, -0.25) is 0 Å². The summed E-state index contributed by atoms with van der Waals surface area (Å²) in [5.74, 6) is 0.992. The van der Waals surface area contributed by atoms with Crippen LogP contribution in [0, 0.1) is 28.9 Å². The first-order valence-corrected chi connectivity index (χ1v) is 13.0. The van der Waals surface area contributed by atoms with Gasteiger partial charge in [-0.1, -0.05) is 24.6 Å². The van der Waals surface area contributed by atoms with Gasteiger partial charge in [-0.25, -0.2) is 18.7 Å². The van der Waals surface area contributed by atoms with Crippen molar-refractivity contribution < 1.29 is 8.78 Å². The second-order valence-electron chi connectivity index (χ2n) is 9.74. The second kappa shape index (κ2) is 7.02. The van der Waals surface area contributed by atoms with Gasteiger partial charge in [0.05, 0.1) is 20.7 Å². The topological polar surface area (TPSA) is 78.8 Å². The molecule has 1 aliphatic heterocycles. The number of hydrogen-bond donors (Lipinski definition) is 1. The molecule has 2 saturated carbocycles. The quantitative estimate of drug-likeness (QED) is 0.348. The number of nitrogens with two attached hydrogens (primary N) is 1. The highest BCUT2D eigenvalue weighted by atomic mass is 35.5. The third kappa shape index (κ3) is 2.71. The lowest BCUT2D eigenvalue weighted by molar-refractivity contribution is 0.636. The van der Waals surface area contributed by atoms with Crippen LogP contribution in [0.25, 0.3) is 32.1 Å². The van der Waals surface area contributed by atoms with E-state index in [2.05, 4.69) is 16.0 Å². The molecule has 4 aromatic rings. The Morgan fingerprint density at radius 2 is 2.06 bits per heavy atom. The van der Waals surface area contributed by atoms with Crippen LogP contribution in [0.3, 0.4) is 0 Å². The summed E-state index contributed by atoms with van der Waals surface area (Å²) in [5, 5.41) is 11.2. The lowest BCUT2D eigenvalue weighted by Crippen LogP contribution is -2.33. The van der Waals surface area contributed by atoms with Gasteiger partial charge in [0, 0.05) is 29.5 Å². The molecule has 2 N–H and O–H groups in total. The standard InChI is InChI=1S/C26H20ClF2N5S/c1-2-16-32-22-19-13(4-3-7-34(25(19)33-16)26-8-11(26)9-26)20(27)18(21(22)29)12-5-6-15(28)23-17(12)14(10-30)24(31)35-23/h5-6,11H,2-4,7-9,31H2,1H3. The van der Waals surface area contributed by atoms with Gasteiger partial charge in [0.2, 0.25) is 0 Å². The van der Waals surface area contributed by atoms with Crippen LogP contribution in [-0.4, -0.2) is 22.1 Å². The van der Waals surface area contributed by atoms with E-state index in [1.165, 1.54) is 12.1 Å². The summed E-state index contributed by atoms with van der Waals surface area (Å²) in [6.07, 6.45) is 4.41. The van der Waals surface area contributed by atoms with Crippen molar-refractivity contribution in [3.05, 3.63) is 45.7 Å². The second-order valence-corrected chi connectivity index (χ2v) is 11.2. The molecule has 3 heterocycles. The van der Waals surface area contributed by atoms with Crippen LogP contribution in [0.2, 0.25) is 5.02 Å². The van der Waals surface area contributed by atoms with Crippen molar-refractivity contribution in [1.82, 2.24) is 9.97 Å². The summed E-state index contributed by atoms with van der Waals surface area (Å²) >= 11 is 7.98. The molecule has 0 bridgehead atoms. The summed E-state index contributed by atoms with van der Waals surface area (Å²) in [5.41, 5.74) is 7.89. The van der Waals surface area contributed by atoms with E-state index in [0.717, 1.165) is 48.5 Å². The number of aromatic nitrogens is 2. The summed E-state index contributed by atoms with van der Waals surface area (Å²) in [6.45, 7) is 2.80. The van der Waals surface area contributed by atoms with E-state index in [1.54, 1.807) is 0 Å². The van der Waals surface area contributed by atoms with Gasteiger partial charge in [-0.15, -0.1) is 11.3 Å². The van der Waals surface area contributed by atoms with Gasteiger partial charge >= 0.3 is 0 Å². The molecule has 35 heavy (non-hydrogen) atoms. The lowest BCUT2D eigenvalue weighted by Gasteiger charge is -2.27. The van der Waals surface area contributed by atoms with E-state index in [0.29, 0.717) is 40.9 Å². The molecule has 2 aromatic heterocycles. The van der Waals surface area contributed by atoms with Crippen molar-refractivity contribution in [2.24, 2.45) is 5.92 Å². The molecule has 0 unspecified atom stereocenters. The average molecular weight is 508 g/mol. The number of nitrogens with zero attached hydrogens (tertiary/aromatic N) is 4. The zero-order chi connectivity index (χ0) is 24.2. The number of halogens is 3. The largest absolute Gasteiger partial charge is 0.389 e. The van der Waals surface area contributed by atoms with Crippen molar-refractivity contribution in [1.29, 1.82) is 5.26 Å². The monoisotopic (exact) mass is 507 g/mol. The van der Waals surface area contributed by atoms with Crippen LogP contribution in [0.4, 0.5) is 19.6 Å². The zero-order valence-corrected chi connectivity index (χ0v) is 20.5. The molecule has 0 spiro atoms. The van der Waals surface area contributed by atoms with Gasteiger partial charge in [-0.05, 0) is 48.8 Å². The van der Waals surface area contributed by atoms with E-state index in [4.69, 9.17) is 22.3 Å². The summed E-state index contributed by atoms with van der Waals surface area (Å²) in [6, 6.07) is 4.82. The van der Waals surface area contributed by atoms with Crippen LogP contribution in [0.1, 0.15) is 43.1 Å². The average Bonchev–Trinajstić information content (AvgIpc) is 3.70. The molecule has 2 fully saturated rings. The third-order valence-electron chi connectivity index (χ3n) is 7.91. The van der Waals surface area contributed by atoms with Crippen molar-refractivity contribution in [3.8, 4) is 17.2 Å². The van der Waals surface area contributed by atoms with Crippen LogP contribution >= 0.6 is 22.9 Å². The van der Waals surface area contributed by atoms with Crippen LogP contribution in [-0.2, 0) is 12.8 Å². The van der Waals surface area contributed by atoms with Crippen molar-refractivity contribution in [2.75, 3.05) is 17.2 Å². The van der Waals surface area contributed by atoms with Crippen molar-refractivity contribution in [3.63, 3.8) is 0 Å². The van der Waals surface area contributed by atoms with Crippen molar-refractivity contribution in [2.45, 2.75) is 44.6 Å². The molecule has 176 valence electrons. The number of rotatable bonds is 3. The Bertz CT molecular complexity index is 1650. The van der Waals surface area contributed by atoms with Crippen LogP contribution in [0.5, 0.6) is 0 Å². The number of fused-ring (bicyclic) bond motifs is 2. The van der Waals surface area contributed by atoms with E-state index in [9.17, 15) is 9.65 Å². The highest BCUT2D eigenvalue weighted by Gasteiger charge is 2.73. The van der Waals surface area contributed by atoms with E-state index in [1.807, 2.05) is 6.92 Å². The molecule has 0 radical (unpaired) electrons. The number of anilines is 2. The summed E-state index contributed by atoms with van der Waals surface area (Å²) < 4.78 is 31.4. The maximum Gasteiger partial charge on any atom is 0.158 e. The smallest absolute Gasteiger partial charge is 0.158 e. The highest BCUT2D eigenvalue weighted by Crippen LogP contribution is 2.71. The molecule has 2 aliphatic carbocycles. The summed E-state index contributed by atoms with van der Waals surface area (Å²) in [7, 11) is 0. The molecular formula is C26H20ClF2N5S. The fraction of sp³-hybridized carbons (Fsp3) is 0.346. The molecular weight excluding hydrogens is 488 g/mol. The van der Waals surface area contributed by atoms with Gasteiger partial charge in [0.15, 0.2) is 5.82 Å². The first kappa shape index (κ1) is 21.3. The number of nitriles is 1. The fourth-order valence-corrected chi connectivity index (χ4v) is 7.13. The molecule has 2 aromatic carbocycles. The molecule has 0 atom stereocenters. The van der Waals surface area contributed by atoms with Crippen LogP contribution in [0.15, 0.2) is 12.1 Å². The van der Waals surface area contributed by atoms with E-state index >= 15 is 4.39 Å². The molecule has 5 nitrogen and oxygen atoms in total. The number of thiophene rings is 1. The minimum atomic E-state index is -0.573. The van der Waals surface area contributed by atoms with Crippen LogP contribution < -0.4 is 10.6 Å². The number of aryl methyl sites for hydroxylation is 2. The minimum Gasteiger partial charge on any atom is -0.389 e. The molecule has 7 rings (SSSR count). The SMILES string of the molecule is CCc1nc2c3c(c(Cl)c(-c4ccc(F)c5sc(N)c(C#N)c45)c(F)c3n1)CCCN2C12CC1C2. The maximum absolute atomic E-state index is 16.5. The maximum atomic E-state index is 16.5. The Labute approximate surface area is 209 Å². The van der Waals surface area contributed by atoms with Gasteiger partial charge < -0.3 is 10.6 Å². The number of hydrogen-bond acceptors (Lipinski definition) is 6. The fourth-order valence-electron chi connectivity index (χ4n) is 5.81. The van der Waals surface area contributed by atoms with E-state index < -0.39 is 11.6 Å². The first-order valence-electron chi connectivity index (χ1n) is 11.8. The molecule has 3 aliphatic rings. The molecule has 0 saturated heterocycles. The van der Waals surface area contributed by atoms with Gasteiger partial charge in [0.25, 0.3) is 0 Å². The van der Waals surface area contributed by atoms with Gasteiger partial charge in [0.1, 0.15) is 34.0 Å². The number of benzene rings is 2. The molecule has 0 amide bonds. The van der Waals surface area contributed by atoms with E-state index in [-0.39, 0.29) is 36.9 Å². The minimum absolute atomic E-state index is 0.136. The highest BCUT2D eigenvalue weighted by molar-refractivity contribution is 7.23. The number of nitrogen functional groups attached to an aromatic ring is 1. The Morgan fingerprint density at radius 1 is 1.29 bits per heavy atom.